The van der Waals surface area contributed by atoms with Gasteiger partial charge in [0.1, 0.15) is 0 Å². The second kappa shape index (κ2) is 8.53. The Kier molecular flexibility index (Phi) is 5.64. The van der Waals surface area contributed by atoms with Crippen LogP contribution in [0.3, 0.4) is 0 Å². The van der Waals surface area contributed by atoms with Gasteiger partial charge in [-0.2, -0.15) is 0 Å². The van der Waals surface area contributed by atoms with Crippen molar-refractivity contribution in [2.75, 3.05) is 0 Å². The van der Waals surface area contributed by atoms with Crippen LogP contribution in [0.25, 0.3) is 16.8 Å². The molecular weight excluding hydrogens is 400 g/mol. The normalized spacial score (nSPS) is 12.0. The molecule has 0 radical (unpaired) electrons. The highest BCUT2D eigenvalue weighted by molar-refractivity contribution is 5.66. The predicted molar refractivity (Wildman–Crippen MR) is 114 cm³/mol. The van der Waals surface area contributed by atoms with E-state index in [-0.39, 0.29) is 12.1 Å². The molecule has 0 saturated heterocycles. The molecule has 4 rings (SSSR count). The van der Waals surface area contributed by atoms with Gasteiger partial charge in [-0.05, 0) is 41.0 Å². The number of nitrogens with zero attached hydrogens (tertiary/aromatic N) is 1. The smallest absolute Gasteiger partial charge is 0.223 e. The maximum absolute atomic E-state index is 13.6. The van der Waals surface area contributed by atoms with E-state index in [1.807, 2.05) is 48.5 Å². The van der Waals surface area contributed by atoms with Crippen molar-refractivity contribution < 1.29 is 19.0 Å². The standard InChI is InChI=1S/C25H19F2NO3/c26-20-10-9-16(11-21(20)27)12-23(29)22-14-24(30)25(31)15-28(22)19-8-4-7-18(13-19)17-5-2-1-3-6-17/h1-11,13-15,23,29,31H,12H2. The SMILES string of the molecule is O=c1cc(C(O)Cc2ccc(F)c(F)c2)n(-c2cccc(-c3ccccc3)c2)cc1O. The molecule has 4 nitrogen and oxygen atoms in total. The van der Waals surface area contributed by atoms with Crippen LogP contribution in [-0.2, 0) is 6.42 Å². The van der Waals surface area contributed by atoms with Crippen molar-refractivity contribution >= 4 is 0 Å². The maximum Gasteiger partial charge on any atom is 0.223 e. The molecule has 1 atom stereocenters. The van der Waals surface area contributed by atoms with Crippen LogP contribution >= 0.6 is 0 Å². The van der Waals surface area contributed by atoms with Crippen molar-refractivity contribution in [3.05, 3.63) is 118 Å². The number of halogens is 2. The van der Waals surface area contributed by atoms with E-state index in [0.717, 1.165) is 29.3 Å². The Morgan fingerprint density at radius 2 is 1.58 bits per heavy atom. The van der Waals surface area contributed by atoms with Gasteiger partial charge in [0.25, 0.3) is 0 Å². The zero-order valence-corrected chi connectivity index (χ0v) is 16.4. The summed E-state index contributed by atoms with van der Waals surface area (Å²) in [5, 5.41) is 20.8. The summed E-state index contributed by atoms with van der Waals surface area (Å²) >= 11 is 0. The lowest BCUT2D eigenvalue weighted by Crippen LogP contribution is -2.16. The van der Waals surface area contributed by atoms with E-state index in [4.69, 9.17) is 0 Å². The van der Waals surface area contributed by atoms with Crippen LogP contribution in [0.4, 0.5) is 8.78 Å². The van der Waals surface area contributed by atoms with Crippen molar-refractivity contribution in [3.8, 4) is 22.6 Å². The molecule has 4 aromatic rings. The van der Waals surface area contributed by atoms with E-state index >= 15 is 0 Å². The monoisotopic (exact) mass is 419 g/mol. The number of pyridine rings is 1. The largest absolute Gasteiger partial charge is 0.503 e. The summed E-state index contributed by atoms with van der Waals surface area (Å²) in [5.41, 5.74) is 2.47. The highest BCUT2D eigenvalue weighted by atomic mass is 19.2. The molecule has 0 aliphatic carbocycles. The van der Waals surface area contributed by atoms with Crippen LogP contribution in [0.15, 0.2) is 89.9 Å². The summed E-state index contributed by atoms with van der Waals surface area (Å²) in [6, 6.07) is 21.6. The minimum absolute atomic E-state index is 0.0419. The Balaban J connectivity index is 1.76. The molecule has 0 spiro atoms. The summed E-state index contributed by atoms with van der Waals surface area (Å²) in [5.74, 6) is -2.45. The third kappa shape index (κ3) is 4.39. The minimum Gasteiger partial charge on any atom is -0.503 e. The second-order valence-electron chi connectivity index (χ2n) is 7.20. The fraction of sp³-hybridized carbons (Fsp3) is 0.0800. The number of benzene rings is 3. The number of aromatic nitrogens is 1. The average Bonchev–Trinajstić information content (AvgIpc) is 2.78. The number of aliphatic hydroxyl groups excluding tert-OH is 1. The average molecular weight is 419 g/mol. The van der Waals surface area contributed by atoms with Crippen LogP contribution in [0.5, 0.6) is 5.75 Å². The highest BCUT2D eigenvalue weighted by Gasteiger charge is 2.17. The quantitative estimate of drug-likeness (QED) is 0.490. The van der Waals surface area contributed by atoms with Gasteiger partial charge >= 0.3 is 0 Å². The summed E-state index contributed by atoms with van der Waals surface area (Å²) in [7, 11) is 0. The Morgan fingerprint density at radius 1 is 0.839 bits per heavy atom. The molecule has 0 aliphatic rings. The molecule has 0 aliphatic heterocycles. The van der Waals surface area contributed by atoms with Gasteiger partial charge in [0, 0.05) is 18.2 Å². The van der Waals surface area contributed by atoms with E-state index in [2.05, 4.69) is 0 Å². The lowest BCUT2D eigenvalue weighted by molar-refractivity contribution is 0.170. The number of rotatable bonds is 5. The van der Waals surface area contributed by atoms with Gasteiger partial charge < -0.3 is 14.8 Å². The lowest BCUT2D eigenvalue weighted by Gasteiger charge is -2.19. The lowest BCUT2D eigenvalue weighted by atomic mass is 10.0. The number of hydrogen-bond acceptors (Lipinski definition) is 3. The summed E-state index contributed by atoms with van der Waals surface area (Å²) in [4.78, 5) is 12.1. The first kappa shape index (κ1) is 20.5. The summed E-state index contributed by atoms with van der Waals surface area (Å²) in [6.07, 6.45) is 0.00860. The van der Waals surface area contributed by atoms with E-state index in [1.165, 1.54) is 16.8 Å². The topological polar surface area (TPSA) is 62.5 Å². The molecule has 1 unspecified atom stereocenters. The van der Waals surface area contributed by atoms with Gasteiger partial charge in [-0.25, -0.2) is 8.78 Å². The highest BCUT2D eigenvalue weighted by Crippen LogP contribution is 2.26. The first-order valence-electron chi connectivity index (χ1n) is 9.66. The number of aliphatic hydroxyl groups is 1. The van der Waals surface area contributed by atoms with E-state index in [0.29, 0.717) is 11.3 Å². The third-order valence-electron chi connectivity index (χ3n) is 5.05. The molecule has 0 saturated carbocycles. The molecule has 156 valence electrons. The van der Waals surface area contributed by atoms with Crippen LogP contribution < -0.4 is 5.43 Å². The van der Waals surface area contributed by atoms with Crippen molar-refractivity contribution in [2.45, 2.75) is 12.5 Å². The molecular formula is C25H19F2NO3. The molecule has 6 heteroatoms. The van der Waals surface area contributed by atoms with Gasteiger partial charge in [-0.15, -0.1) is 0 Å². The van der Waals surface area contributed by atoms with Crippen LogP contribution in [0.2, 0.25) is 0 Å². The number of hydrogen-bond donors (Lipinski definition) is 2. The molecule has 2 N–H and O–H groups in total. The fourth-order valence-corrected chi connectivity index (χ4v) is 3.48. The van der Waals surface area contributed by atoms with E-state index < -0.39 is 28.9 Å². The fourth-order valence-electron chi connectivity index (χ4n) is 3.48. The molecule has 1 heterocycles. The van der Waals surface area contributed by atoms with E-state index in [9.17, 15) is 23.8 Å². The zero-order valence-electron chi connectivity index (χ0n) is 16.4. The molecule has 31 heavy (non-hydrogen) atoms. The second-order valence-corrected chi connectivity index (χ2v) is 7.20. The van der Waals surface area contributed by atoms with Gasteiger partial charge in [0.05, 0.1) is 18.0 Å². The minimum atomic E-state index is -1.20. The van der Waals surface area contributed by atoms with Gasteiger partial charge in [0.2, 0.25) is 5.43 Å². The van der Waals surface area contributed by atoms with Crippen molar-refractivity contribution in [1.82, 2.24) is 4.57 Å². The molecule has 0 fully saturated rings. The molecule has 3 aromatic carbocycles. The first-order valence-corrected chi connectivity index (χ1v) is 9.66. The predicted octanol–water partition coefficient (Wildman–Crippen LogP) is 4.76. The van der Waals surface area contributed by atoms with Crippen LogP contribution in [0.1, 0.15) is 17.4 Å². The van der Waals surface area contributed by atoms with Crippen molar-refractivity contribution in [1.29, 1.82) is 0 Å². The van der Waals surface area contributed by atoms with Gasteiger partial charge in [0.15, 0.2) is 17.4 Å². The first-order chi connectivity index (χ1) is 14.9. The molecule has 0 amide bonds. The zero-order chi connectivity index (χ0) is 22.0. The van der Waals surface area contributed by atoms with Crippen LogP contribution in [-0.4, -0.2) is 14.8 Å². The summed E-state index contributed by atoms with van der Waals surface area (Å²) < 4.78 is 28.3. The Hall–Kier alpha value is -3.77. The van der Waals surface area contributed by atoms with Gasteiger partial charge in [-0.1, -0.05) is 48.5 Å². The van der Waals surface area contributed by atoms with Crippen molar-refractivity contribution in [2.24, 2.45) is 0 Å². The molecule has 0 bridgehead atoms. The van der Waals surface area contributed by atoms with Crippen molar-refractivity contribution in [3.63, 3.8) is 0 Å². The summed E-state index contributed by atoms with van der Waals surface area (Å²) in [6.45, 7) is 0. The van der Waals surface area contributed by atoms with E-state index in [1.54, 1.807) is 6.07 Å². The van der Waals surface area contributed by atoms with Crippen LogP contribution in [0, 0.1) is 11.6 Å². The Bertz CT molecular complexity index is 1290. The molecule has 1 aromatic heterocycles. The Morgan fingerprint density at radius 3 is 2.32 bits per heavy atom. The third-order valence-corrected chi connectivity index (χ3v) is 5.05. The number of aromatic hydroxyl groups is 1. The Labute approximate surface area is 177 Å². The maximum atomic E-state index is 13.6. The van der Waals surface area contributed by atoms with Gasteiger partial charge in [-0.3, -0.25) is 4.79 Å².